The largest absolute Gasteiger partial charge is 0.492 e. The molecule has 1 aliphatic carbocycles. The third-order valence-electron chi connectivity index (χ3n) is 6.16. The van der Waals surface area contributed by atoms with Crippen molar-refractivity contribution >= 4 is 11.6 Å². The van der Waals surface area contributed by atoms with Gasteiger partial charge in [0.25, 0.3) is 0 Å². The molecule has 0 N–H and O–H groups in total. The number of aryl methyl sites for hydroxylation is 1. The number of aromatic nitrogens is 2. The molecule has 1 heterocycles. The van der Waals surface area contributed by atoms with Gasteiger partial charge in [-0.25, -0.2) is 9.97 Å². The minimum atomic E-state index is 0.638. The number of rotatable bonds is 12. The predicted octanol–water partition coefficient (Wildman–Crippen LogP) is 8.05. The van der Waals surface area contributed by atoms with E-state index in [1.165, 1.54) is 82.6 Å². The maximum absolute atomic E-state index is 6.48. The summed E-state index contributed by atoms with van der Waals surface area (Å²) in [7, 11) is 0. The first-order chi connectivity index (χ1) is 14.8. The second-order valence-corrected chi connectivity index (χ2v) is 9.15. The number of benzene rings is 1. The molecule has 0 radical (unpaired) electrons. The molecule has 0 amide bonds. The van der Waals surface area contributed by atoms with Gasteiger partial charge in [-0.2, -0.15) is 0 Å². The van der Waals surface area contributed by atoms with E-state index in [2.05, 4.69) is 16.9 Å². The highest BCUT2D eigenvalue weighted by molar-refractivity contribution is 6.32. The minimum absolute atomic E-state index is 0.638. The van der Waals surface area contributed by atoms with Crippen LogP contribution in [0.2, 0.25) is 5.02 Å². The first-order valence-electron chi connectivity index (χ1n) is 12.0. The monoisotopic (exact) mass is 428 g/mol. The van der Waals surface area contributed by atoms with Crippen molar-refractivity contribution in [3.63, 3.8) is 0 Å². The van der Waals surface area contributed by atoms with Gasteiger partial charge in [-0.05, 0) is 55.4 Å². The smallest absolute Gasteiger partial charge is 0.159 e. The Morgan fingerprint density at radius 2 is 1.63 bits per heavy atom. The third kappa shape index (κ3) is 7.58. The van der Waals surface area contributed by atoms with E-state index in [0.717, 1.165) is 30.2 Å². The van der Waals surface area contributed by atoms with Gasteiger partial charge in [0.2, 0.25) is 0 Å². The SMILES string of the molecule is CCCCCCCCCc1cnc(-c2ccc(OCC3CCCCC3)c(Cl)c2)nc1. The summed E-state index contributed by atoms with van der Waals surface area (Å²) in [6, 6.07) is 5.88. The van der Waals surface area contributed by atoms with Crippen molar-refractivity contribution in [3.05, 3.63) is 41.2 Å². The molecule has 1 aliphatic rings. The molecule has 0 saturated heterocycles. The fourth-order valence-electron chi connectivity index (χ4n) is 4.24. The van der Waals surface area contributed by atoms with Gasteiger partial charge in [-0.15, -0.1) is 0 Å². The zero-order chi connectivity index (χ0) is 21.0. The lowest BCUT2D eigenvalue weighted by molar-refractivity contribution is 0.209. The summed E-state index contributed by atoms with van der Waals surface area (Å²) in [6.07, 6.45) is 20.8. The summed E-state index contributed by atoms with van der Waals surface area (Å²) in [5, 5.41) is 0.638. The van der Waals surface area contributed by atoms with Gasteiger partial charge < -0.3 is 4.74 Å². The second-order valence-electron chi connectivity index (χ2n) is 8.75. The Bertz CT molecular complexity index is 741. The molecule has 0 atom stereocenters. The lowest BCUT2D eigenvalue weighted by Crippen LogP contribution is -2.15. The molecule has 164 valence electrons. The Labute approximate surface area is 187 Å². The van der Waals surface area contributed by atoms with E-state index >= 15 is 0 Å². The van der Waals surface area contributed by atoms with Crippen LogP contribution in [0, 0.1) is 5.92 Å². The summed E-state index contributed by atoms with van der Waals surface area (Å²) >= 11 is 6.48. The topological polar surface area (TPSA) is 35.0 Å². The van der Waals surface area contributed by atoms with Crippen LogP contribution in [0.15, 0.2) is 30.6 Å². The molecule has 30 heavy (non-hydrogen) atoms. The molecular formula is C26H37ClN2O. The van der Waals surface area contributed by atoms with E-state index in [1.54, 1.807) is 0 Å². The number of hydrogen-bond donors (Lipinski definition) is 0. The van der Waals surface area contributed by atoms with Crippen molar-refractivity contribution in [2.24, 2.45) is 5.92 Å². The second kappa shape index (κ2) is 12.9. The number of ether oxygens (including phenoxy) is 1. The highest BCUT2D eigenvalue weighted by atomic mass is 35.5. The average molecular weight is 429 g/mol. The standard InChI is InChI=1S/C26H37ClN2O/c1-2-3-4-5-6-7-9-14-22-18-28-26(29-19-22)23-15-16-25(24(27)17-23)30-20-21-12-10-8-11-13-21/h15-19,21H,2-14,20H2,1H3. The van der Waals surface area contributed by atoms with Gasteiger partial charge in [-0.3, -0.25) is 0 Å². The molecule has 0 spiro atoms. The Balaban J connectivity index is 1.45. The molecule has 1 fully saturated rings. The molecule has 2 aromatic rings. The number of nitrogens with zero attached hydrogens (tertiary/aromatic N) is 2. The first kappa shape index (κ1) is 23.1. The van der Waals surface area contributed by atoms with Gasteiger partial charge in [0.1, 0.15) is 5.75 Å². The van der Waals surface area contributed by atoms with Crippen LogP contribution in [0.5, 0.6) is 5.75 Å². The molecule has 1 aromatic carbocycles. The Kier molecular flexibility index (Phi) is 9.95. The predicted molar refractivity (Wildman–Crippen MR) is 126 cm³/mol. The molecule has 1 aromatic heterocycles. The van der Waals surface area contributed by atoms with Crippen molar-refractivity contribution in [1.82, 2.24) is 9.97 Å². The van der Waals surface area contributed by atoms with Crippen LogP contribution < -0.4 is 4.74 Å². The Morgan fingerprint density at radius 3 is 2.33 bits per heavy atom. The van der Waals surface area contributed by atoms with Crippen LogP contribution in [-0.4, -0.2) is 16.6 Å². The van der Waals surface area contributed by atoms with E-state index in [1.807, 2.05) is 30.6 Å². The summed E-state index contributed by atoms with van der Waals surface area (Å²) < 4.78 is 6.00. The van der Waals surface area contributed by atoms with Crippen molar-refractivity contribution in [2.75, 3.05) is 6.61 Å². The normalized spacial score (nSPS) is 14.7. The molecule has 0 unspecified atom stereocenters. The van der Waals surface area contributed by atoms with E-state index < -0.39 is 0 Å². The third-order valence-corrected chi connectivity index (χ3v) is 6.46. The fourth-order valence-corrected chi connectivity index (χ4v) is 4.47. The van der Waals surface area contributed by atoms with Crippen molar-refractivity contribution in [3.8, 4) is 17.1 Å². The highest BCUT2D eigenvalue weighted by Crippen LogP contribution is 2.31. The highest BCUT2D eigenvalue weighted by Gasteiger charge is 2.15. The van der Waals surface area contributed by atoms with Gasteiger partial charge in [0.05, 0.1) is 11.6 Å². The van der Waals surface area contributed by atoms with Crippen LogP contribution in [0.3, 0.4) is 0 Å². The summed E-state index contributed by atoms with van der Waals surface area (Å²) in [4.78, 5) is 9.14. The molecule has 3 nitrogen and oxygen atoms in total. The quantitative estimate of drug-likeness (QED) is 0.320. The van der Waals surface area contributed by atoms with Gasteiger partial charge in [0, 0.05) is 18.0 Å². The van der Waals surface area contributed by atoms with E-state index in [4.69, 9.17) is 16.3 Å². The van der Waals surface area contributed by atoms with Gasteiger partial charge in [0.15, 0.2) is 5.82 Å². The zero-order valence-electron chi connectivity index (χ0n) is 18.5. The molecule has 0 aliphatic heterocycles. The van der Waals surface area contributed by atoms with Crippen molar-refractivity contribution in [2.45, 2.75) is 90.4 Å². The van der Waals surface area contributed by atoms with Crippen LogP contribution in [0.25, 0.3) is 11.4 Å². The van der Waals surface area contributed by atoms with E-state index in [-0.39, 0.29) is 0 Å². The average Bonchev–Trinajstić information content (AvgIpc) is 2.79. The maximum atomic E-state index is 6.48. The summed E-state index contributed by atoms with van der Waals surface area (Å²) in [5.74, 6) is 2.15. The van der Waals surface area contributed by atoms with Crippen LogP contribution >= 0.6 is 11.6 Å². The number of hydrogen-bond acceptors (Lipinski definition) is 3. The van der Waals surface area contributed by atoms with Crippen molar-refractivity contribution in [1.29, 1.82) is 0 Å². The molecule has 0 bridgehead atoms. The fraction of sp³-hybridized carbons (Fsp3) is 0.615. The van der Waals surface area contributed by atoms with Crippen LogP contribution in [0.1, 0.15) is 89.5 Å². The molecule has 3 rings (SSSR count). The molecular weight excluding hydrogens is 392 g/mol. The first-order valence-corrected chi connectivity index (χ1v) is 12.4. The molecule has 1 saturated carbocycles. The summed E-state index contributed by atoms with van der Waals surface area (Å²) in [5.41, 5.74) is 2.15. The minimum Gasteiger partial charge on any atom is -0.492 e. The maximum Gasteiger partial charge on any atom is 0.159 e. The van der Waals surface area contributed by atoms with Gasteiger partial charge >= 0.3 is 0 Å². The number of unbranched alkanes of at least 4 members (excludes halogenated alkanes) is 6. The van der Waals surface area contributed by atoms with E-state index in [0.29, 0.717) is 10.9 Å². The van der Waals surface area contributed by atoms with Gasteiger partial charge in [-0.1, -0.05) is 76.3 Å². The van der Waals surface area contributed by atoms with Crippen LogP contribution in [-0.2, 0) is 6.42 Å². The Morgan fingerprint density at radius 1 is 0.933 bits per heavy atom. The lowest BCUT2D eigenvalue weighted by atomic mass is 9.90. The lowest BCUT2D eigenvalue weighted by Gasteiger charge is -2.22. The summed E-state index contributed by atoms with van der Waals surface area (Å²) in [6.45, 7) is 3.03. The van der Waals surface area contributed by atoms with Crippen molar-refractivity contribution < 1.29 is 4.74 Å². The van der Waals surface area contributed by atoms with E-state index in [9.17, 15) is 0 Å². The number of halogens is 1. The van der Waals surface area contributed by atoms with Crippen LogP contribution in [0.4, 0.5) is 0 Å². The molecule has 4 heteroatoms. The zero-order valence-corrected chi connectivity index (χ0v) is 19.3. The Hall–Kier alpha value is -1.61.